The molecule has 2 aromatic carbocycles. The quantitative estimate of drug-likeness (QED) is 0.134. The number of hydrogen-bond donors (Lipinski definition) is 5. The molecule has 3 aliphatic carbocycles. The fraction of sp³-hybridized carbons (Fsp3) is 0.357. The number of hydrogen-bond acceptors (Lipinski definition) is 11. The van der Waals surface area contributed by atoms with Crippen LogP contribution in [0.2, 0.25) is 0 Å². The summed E-state index contributed by atoms with van der Waals surface area (Å²) in [6.45, 7) is 0.240. The molecule has 2 bridgehead atoms. The maximum Gasteiger partial charge on any atom is 0.309 e. The van der Waals surface area contributed by atoms with Crippen LogP contribution in [0, 0.1) is 21.5 Å². The highest BCUT2D eigenvalue weighted by Gasteiger charge is 2.52. The van der Waals surface area contributed by atoms with Crippen molar-refractivity contribution in [2.24, 2.45) is 10.8 Å². The van der Waals surface area contributed by atoms with Gasteiger partial charge in [-0.1, -0.05) is 6.07 Å². The third kappa shape index (κ3) is 4.90. The molecule has 0 radical (unpaired) electrons. The number of nitrogens with two attached hydrogens (primary N) is 1. The summed E-state index contributed by atoms with van der Waals surface area (Å²) in [5, 5.41) is 21.5. The molecule has 3 saturated carbocycles. The van der Waals surface area contributed by atoms with Crippen LogP contribution in [0.5, 0.6) is 0 Å². The second-order valence-corrected chi connectivity index (χ2v) is 11.8. The Kier molecular flexibility index (Phi) is 7.02. The first-order valence-electron chi connectivity index (χ1n) is 13.8. The van der Waals surface area contributed by atoms with E-state index in [1.807, 2.05) is 0 Å². The van der Waals surface area contributed by atoms with E-state index in [9.17, 15) is 33.5 Å². The maximum atomic E-state index is 14.3. The Morgan fingerprint density at radius 3 is 2.41 bits per heavy atom. The predicted molar refractivity (Wildman–Crippen MR) is 155 cm³/mol. The number of carbonyl (C=O) groups excluding carboxylic acids is 2. The lowest BCUT2D eigenvalue weighted by Crippen LogP contribution is -2.50. The first-order chi connectivity index (χ1) is 20.9. The molecular formula is C28H26FN7O7S. The molecular weight excluding hydrogens is 597 g/mol. The lowest BCUT2D eigenvalue weighted by molar-refractivity contribution is -0.158. The highest BCUT2D eigenvalue weighted by atomic mass is 32.1. The summed E-state index contributed by atoms with van der Waals surface area (Å²) in [4.78, 5) is 65.3. The van der Waals surface area contributed by atoms with Crippen LogP contribution in [-0.2, 0) is 11.3 Å². The number of fused-ring (bicyclic) bond motifs is 4. The average Bonchev–Trinajstić information content (AvgIpc) is 3.42. The molecule has 2 heterocycles. The Morgan fingerprint density at radius 1 is 1.05 bits per heavy atom. The van der Waals surface area contributed by atoms with E-state index in [4.69, 9.17) is 22.5 Å². The van der Waals surface area contributed by atoms with Crippen molar-refractivity contribution in [3.8, 4) is 0 Å². The van der Waals surface area contributed by atoms with E-state index in [0.29, 0.717) is 50.6 Å². The summed E-state index contributed by atoms with van der Waals surface area (Å²) < 4.78 is 20.6. The number of halogens is 1. The number of amides is 2. The molecule has 0 atom stereocenters. The highest BCUT2D eigenvalue weighted by molar-refractivity contribution is 7.71. The zero-order valence-corrected chi connectivity index (χ0v) is 23.9. The van der Waals surface area contributed by atoms with Gasteiger partial charge in [-0.15, -0.1) is 0 Å². The van der Waals surface area contributed by atoms with Gasteiger partial charge in [0.15, 0.2) is 0 Å². The third-order valence-electron chi connectivity index (χ3n) is 8.96. The molecule has 44 heavy (non-hydrogen) atoms. The van der Waals surface area contributed by atoms with Crippen molar-refractivity contribution in [1.82, 2.24) is 25.2 Å². The van der Waals surface area contributed by atoms with Gasteiger partial charge >= 0.3 is 10.8 Å². The summed E-state index contributed by atoms with van der Waals surface area (Å²) in [6.07, 6.45) is 3.75. The van der Waals surface area contributed by atoms with Gasteiger partial charge in [-0.25, -0.2) is 13.8 Å². The van der Waals surface area contributed by atoms with Gasteiger partial charge in [-0.05, 0) is 85.1 Å². The van der Waals surface area contributed by atoms with Crippen molar-refractivity contribution in [1.29, 1.82) is 0 Å². The number of carbonyl (C=O) groups is 3. The van der Waals surface area contributed by atoms with Crippen LogP contribution in [0.4, 0.5) is 21.5 Å². The number of carboxylic acids is 1. The van der Waals surface area contributed by atoms with Gasteiger partial charge in [0.2, 0.25) is 0 Å². The molecule has 4 aromatic rings. The van der Waals surface area contributed by atoms with Crippen molar-refractivity contribution in [3.63, 3.8) is 0 Å². The Bertz CT molecular complexity index is 1970. The molecule has 228 valence electrons. The van der Waals surface area contributed by atoms with E-state index < -0.39 is 39.9 Å². The summed E-state index contributed by atoms with van der Waals surface area (Å²) in [7, 11) is 0. The van der Waals surface area contributed by atoms with Crippen LogP contribution in [-0.4, -0.2) is 44.0 Å². The van der Waals surface area contributed by atoms with Crippen molar-refractivity contribution >= 4 is 52.8 Å². The topological polar surface area (TPSA) is 211 Å². The monoisotopic (exact) mass is 623 g/mol. The summed E-state index contributed by atoms with van der Waals surface area (Å²) in [5.74, 6) is -2.78. The van der Waals surface area contributed by atoms with E-state index in [2.05, 4.69) is 26.1 Å². The van der Waals surface area contributed by atoms with Gasteiger partial charge in [0, 0.05) is 13.1 Å². The standard InChI is InChI=1S/C28H26FN7O7S/c29-14-2-1-13(9-15(14)33-19-18(30)20(37)21(19)38)11-31-22(39)16-10-17(36-25(34-16)35-43-26(36)44)23(40)32-12-27-3-6-28(7-4-27,8-5-27)24(41)42/h1-2,9-10,33H,3-8,11-12,30H2,(H,31,39)(H,32,40)(H,41,42). The summed E-state index contributed by atoms with van der Waals surface area (Å²) in [5.41, 5.74) is 2.57. The third-order valence-corrected chi connectivity index (χ3v) is 9.22. The molecule has 0 spiro atoms. The van der Waals surface area contributed by atoms with Gasteiger partial charge in [0.05, 0.1) is 11.1 Å². The Hall–Kier alpha value is -4.99. The first kappa shape index (κ1) is 29.1. The first-order valence-corrected chi connectivity index (χ1v) is 14.2. The number of benzene rings is 1. The van der Waals surface area contributed by atoms with Crippen LogP contribution < -0.4 is 32.5 Å². The van der Waals surface area contributed by atoms with E-state index in [1.165, 1.54) is 22.6 Å². The SMILES string of the molecule is Nc1c(Nc2cc(CNC(=O)c3cc(C(=O)NCC45CCC(C(=O)O)(CC4)CC5)n4c(=S)onc4n3)ccc2F)c(=O)c1=O. The maximum absolute atomic E-state index is 14.3. The molecule has 14 nitrogen and oxygen atoms in total. The number of anilines is 3. The molecule has 0 saturated heterocycles. The average molecular weight is 624 g/mol. The fourth-order valence-corrected chi connectivity index (χ4v) is 6.28. The van der Waals surface area contributed by atoms with E-state index in [0.717, 1.165) is 6.07 Å². The van der Waals surface area contributed by atoms with Gasteiger partial charge in [0.25, 0.3) is 28.4 Å². The van der Waals surface area contributed by atoms with Crippen LogP contribution in [0.15, 0.2) is 38.4 Å². The number of nitrogen functional groups attached to an aromatic ring is 1. The number of nitrogens with one attached hydrogen (secondary N) is 3. The molecule has 0 aliphatic heterocycles. The van der Waals surface area contributed by atoms with Gasteiger partial charge in [-0.2, -0.15) is 0 Å². The van der Waals surface area contributed by atoms with Gasteiger partial charge in [0.1, 0.15) is 28.6 Å². The molecule has 6 N–H and O–H groups in total. The largest absolute Gasteiger partial charge is 0.481 e. The van der Waals surface area contributed by atoms with Crippen LogP contribution in [0.25, 0.3) is 5.78 Å². The molecule has 2 aromatic heterocycles. The van der Waals surface area contributed by atoms with Crippen LogP contribution in [0.1, 0.15) is 65.1 Å². The smallest absolute Gasteiger partial charge is 0.309 e. The zero-order valence-electron chi connectivity index (χ0n) is 23.1. The lowest BCUT2D eigenvalue weighted by Gasteiger charge is -2.51. The highest BCUT2D eigenvalue weighted by Crippen LogP contribution is 2.56. The number of aromatic nitrogens is 3. The van der Waals surface area contributed by atoms with E-state index >= 15 is 0 Å². The van der Waals surface area contributed by atoms with Crippen LogP contribution >= 0.6 is 12.2 Å². The summed E-state index contributed by atoms with van der Waals surface area (Å²) >= 11 is 5.17. The number of carboxylic acid groups (broad SMARTS) is 1. The molecule has 7 rings (SSSR count). The second-order valence-electron chi connectivity index (χ2n) is 11.4. The fourth-order valence-electron chi connectivity index (χ4n) is 6.06. The number of aliphatic carboxylic acids is 1. The van der Waals surface area contributed by atoms with Crippen molar-refractivity contribution < 1.29 is 28.4 Å². The Labute approximate surface area is 252 Å². The number of rotatable bonds is 9. The second kappa shape index (κ2) is 10.6. The van der Waals surface area contributed by atoms with Crippen molar-refractivity contribution in [2.75, 3.05) is 17.6 Å². The normalized spacial score (nSPS) is 20.9. The minimum atomic E-state index is -0.854. The van der Waals surface area contributed by atoms with Crippen LogP contribution in [0.3, 0.4) is 0 Å². The van der Waals surface area contributed by atoms with Gasteiger partial charge < -0.3 is 31.3 Å². The molecule has 2 amide bonds. The van der Waals surface area contributed by atoms with E-state index in [-0.39, 0.29) is 51.0 Å². The minimum absolute atomic E-state index is 0.0202. The minimum Gasteiger partial charge on any atom is -0.481 e. The van der Waals surface area contributed by atoms with Gasteiger partial charge in [-0.3, -0.25) is 24.0 Å². The number of nitrogens with zero attached hydrogens (tertiary/aromatic N) is 3. The Balaban J connectivity index is 1.16. The zero-order chi connectivity index (χ0) is 31.4. The molecule has 3 fully saturated rings. The summed E-state index contributed by atoms with van der Waals surface area (Å²) in [6, 6.07) is 5.13. The van der Waals surface area contributed by atoms with Crippen molar-refractivity contribution in [2.45, 2.75) is 45.1 Å². The predicted octanol–water partition coefficient (Wildman–Crippen LogP) is 2.20. The molecule has 16 heteroatoms. The lowest BCUT2D eigenvalue weighted by atomic mass is 9.53. The molecule has 3 aliphatic rings. The molecule has 0 unspecified atom stereocenters. The van der Waals surface area contributed by atoms with Crippen molar-refractivity contribution in [3.05, 3.63) is 72.3 Å². The van der Waals surface area contributed by atoms with E-state index in [1.54, 1.807) is 0 Å². The Morgan fingerprint density at radius 2 is 1.75 bits per heavy atom.